The van der Waals surface area contributed by atoms with Gasteiger partial charge in [-0.05, 0) is 18.2 Å². The highest BCUT2D eigenvalue weighted by Gasteiger charge is 2.15. The van der Waals surface area contributed by atoms with Gasteiger partial charge in [0.1, 0.15) is 6.26 Å². The third-order valence-electron chi connectivity index (χ3n) is 3.71. The molecule has 0 spiro atoms. The van der Waals surface area contributed by atoms with Crippen molar-refractivity contribution in [2.75, 3.05) is 11.1 Å². The zero-order valence-corrected chi connectivity index (χ0v) is 13.4. The molecule has 1 N–H and O–H groups in total. The molecule has 1 aliphatic heterocycles. The summed E-state index contributed by atoms with van der Waals surface area (Å²) in [5, 5.41) is 3.81. The van der Waals surface area contributed by atoms with E-state index in [2.05, 4.69) is 21.1 Å². The molecule has 0 saturated heterocycles. The minimum absolute atomic E-state index is 0.293. The first-order valence-electron chi connectivity index (χ1n) is 7.40. The molecule has 0 radical (unpaired) electrons. The summed E-state index contributed by atoms with van der Waals surface area (Å²) in [6.45, 7) is 0.994. The number of fused-ring (bicyclic) bond motifs is 1. The van der Waals surface area contributed by atoms with Crippen molar-refractivity contribution < 1.29 is 9.21 Å². The van der Waals surface area contributed by atoms with Crippen LogP contribution in [0, 0.1) is 0 Å². The van der Waals surface area contributed by atoms with Crippen molar-refractivity contribution >= 4 is 23.4 Å². The summed E-state index contributed by atoms with van der Waals surface area (Å²) in [5.74, 6) is 0.747. The first-order valence-corrected chi connectivity index (χ1v) is 8.38. The summed E-state index contributed by atoms with van der Waals surface area (Å²) in [6.07, 6.45) is 3.20. The van der Waals surface area contributed by atoms with E-state index in [-0.39, 0.29) is 5.91 Å². The highest BCUT2D eigenvalue weighted by molar-refractivity contribution is 7.99. The van der Waals surface area contributed by atoms with Gasteiger partial charge in [-0.3, -0.25) is 4.79 Å². The van der Waals surface area contributed by atoms with E-state index in [1.807, 2.05) is 24.3 Å². The number of thioether (sulfide) groups is 1. The molecule has 1 aliphatic rings. The summed E-state index contributed by atoms with van der Waals surface area (Å²) < 4.78 is 6.85. The molecule has 1 aromatic carbocycles. The number of carbonyl (C=O) groups excluding carboxylic acids is 1. The maximum Gasteiger partial charge on any atom is 0.335 e. The predicted molar refractivity (Wildman–Crippen MR) is 91.3 cm³/mol. The zero-order chi connectivity index (χ0) is 16.5. The van der Waals surface area contributed by atoms with Gasteiger partial charge in [0, 0.05) is 35.8 Å². The second-order valence-electron chi connectivity index (χ2n) is 5.33. The molecular formula is C17H13N3O3S. The van der Waals surface area contributed by atoms with Crippen LogP contribution in [0.1, 0.15) is 10.4 Å². The minimum Gasteiger partial charge on any atom is -0.430 e. The number of rotatable bonds is 3. The van der Waals surface area contributed by atoms with Crippen LogP contribution in [0.25, 0.3) is 11.3 Å². The van der Waals surface area contributed by atoms with Crippen LogP contribution in [-0.4, -0.2) is 21.2 Å². The number of carbonyl (C=O) groups is 1. The van der Waals surface area contributed by atoms with E-state index < -0.39 is 5.63 Å². The average molecular weight is 339 g/mol. The van der Waals surface area contributed by atoms with Gasteiger partial charge < -0.3 is 14.3 Å². The molecule has 2 aromatic heterocycles. The fourth-order valence-electron chi connectivity index (χ4n) is 2.46. The van der Waals surface area contributed by atoms with E-state index in [1.54, 1.807) is 11.8 Å². The Morgan fingerprint density at radius 3 is 2.75 bits per heavy atom. The molecule has 24 heavy (non-hydrogen) atoms. The van der Waals surface area contributed by atoms with Gasteiger partial charge in [-0.1, -0.05) is 23.9 Å². The summed E-state index contributed by atoms with van der Waals surface area (Å²) >= 11 is 1.76. The van der Waals surface area contributed by atoms with Crippen molar-refractivity contribution in [1.82, 2.24) is 9.55 Å². The van der Waals surface area contributed by atoms with Gasteiger partial charge >= 0.3 is 5.63 Å². The first-order chi connectivity index (χ1) is 11.7. The molecule has 3 heterocycles. The lowest BCUT2D eigenvalue weighted by Gasteiger charge is -2.05. The number of nitrogens with one attached hydrogen (secondary N) is 1. The van der Waals surface area contributed by atoms with Crippen LogP contribution in [0.4, 0.5) is 5.69 Å². The van der Waals surface area contributed by atoms with Crippen molar-refractivity contribution in [3.8, 4) is 11.3 Å². The monoisotopic (exact) mass is 339 g/mol. The number of amides is 1. The number of benzene rings is 1. The predicted octanol–water partition coefficient (Wildman–Crippen LogP) is 2.86. The number of hydrogen-bond acceptors (Lipinski definition) is 5. The van der Waals surface area contributed by atoms with Crippen molar-refractivity contribution in [3.63, 3.8) is 0 Å². The molecule has 0 aliphatic carbocycles. The van der Waals surface area contributed by atoms with Crippen molar-refractivity contribution in [3.05, 3.63) is 64.8 Å². The maximum atomic E-state index is 12.1. The molecule has 1 amide bonds. The topological polar surface area (TPSA) is 77.1 Å². The molecule has 0 saturated carbocycles. The van der Waals surface area contributed by atoms with Gasteiger partial charge in [0.25, 0.3) is 5.91 Å². The number of hydrogen-bond donors (Lipinski definition) is 1. The third kappa shape index (κ3) is 2.85. The van der Waals surface area contributed by atoms with Gasteiger partial charge in [-0.25, -0.2) is 9.78 Å². The molecule has 0 bridgehead atoms. The second kappa shape index (κ2) is 6.01. The molecule has 6 nitrogen and oxygen atoms in total. The Hall–Kier alpha value is -2.80. The number of anilines is 1. The van der Waals surface area contributed by atoms with Crippen molar-refractivity contribution in [2.45, 2.75) is 11.7 Å². The van der Waals surface area contributed by atoms with Crippen LogP contribution < -0.4 is 10.9 Å². The van der Waals surface area contributed by atoms with Crippen LogP contribution in [0.2, 0.25) is 0 Å². The van der Waals surface area contributed by atoms with E-state index in [1.165, 1.54) is 12.1 Å². The van der Waals surface area contributed by atoms with Gasteiger partial charge in [-0.15, -0.1) is 0 Å². The number of aryl methyl sites for hydroxylation is 1. The Labute approximate surface area is 141 Å². The number of nitrogens with zero attached hydrogens (tertiary/aromatic N) is 2. The van der Waals surface area contributed by atoms with E-state index in [0.29, 0.717) is 11.3 Å². The Balaban J connectivity index is 1.50. The SMILES string of the molecule is O=C(Nc1ccc(-c2cn3c(n2)SCC3)cc1)c1ccc(=O)oc1. The normalized spacial score (nSPS) is 12.8. The Kier molecular flexibility index (Phi) is 3.70. The molecule has 0 unspecified atom stereocenters. The van der Waals surface area contributed by atoms with E-state index in [4.69, 9.17) is 4.42 Å². The summed E-state index contributed by atoms with van der Waals surface area (Å²) in [6, 6.07) is 10.1. The standard InChI is InChI=1S/C17H13N3O3S/c21-15-6-3-12(10-23-15)16(22)18-13-4-1-11(2-5-13)14-9-20-7-8-24-17(20)19-14/h1-6,9-10H,7-8H2,(H,18,22). The van der Waals surface area contributed by atoms with Crippen LogP contribution >= 0.6 is 11.8 Å². The third-order valence-corrected chi connectivity index (χ3v) is 4.68. The van der Waals surface area contributed by atoms with Crippen LogP contribution in [0.15, 0.2) is 63.2 Å². The summed E-state index contributed by atoms with van der Waals surface area (Å²) in [5.41, 5.74) is 2.40. The summed E-state index contributed by atoms with van der Waals surface area (Å²) in [4.78, 5) is 27.6. The lowest BCUT2D eigenvalue weighted by Crippen LogP contribution is -2.12. The quantitative estimate of drug-likeness (QED) is 0.794. The Morgan fingerprint density at radius 2 is 2.04 bits per heavy atom. The fourth-order valence-corrected chi connectivity index (χ4v) is 3.41. The summed E-state index contributed by atoms with van der Waals surface area (Å²) in [7, 11) is 0. The molecule has 7 heteroatoms. The minimum atomic E-state index is -0.485. The Morgan fingerprint density at radius 1 is 1.21 bits per heavy atom. The number of imidazole rings is 1. The molecule has 120 valence electrons. The average Bonchev–Trinajstić information content (AvgIpc) is 3.18. The molecule has 0 fully saturated rings. The molecule has 0 atom stereocenters. The van der Waals surface area contributed by atoms with Crippen molar-refractivity contribution in [1.29, 1.82) is 0 Å². The van der Waals surface area contributed by atoms with E-state index in [9.17, 15) is 9.59 Å². The van der Waals surface area contributed by atoms with Gasteiger partial charge in [-0.2, -0.15) is 0 Å². The smallest absolute Gasteiger partial charge is 0.335 e. The van der Waals surface area contributed by atoms with Crippen LogP contribution in [0.3, 0.4) is 0 Å². The fraction of sp³-hybridized carbons (Fsp3) is 0.118. The Bertz CT molecular complexity index is 918. The highest BCUT2D eigenvalue weighted by Crippen LogP contribution is 2.29. The highest BCUT2D eigenvalue weighted by atomic mass is 32.2. The van der Waals surface area contributed by atoms with Crippen LogP contribution in [0.5, 0.6) is 0 Å². The van der Waals surface area contributed by atoms with E-state index in [0.717, 1.165) is 35.0 Å². The van der Waals surface area contributed by atoms with Crippen LogP contribution in [-0.2, 0) is 6.54 Å². The van der Waals surface area contributed by atoms with Gasteiger partial charge in [0.15, 0.2) is 5.16 Å². The van der Waals surface area contributed by atoms with Gasteiger partial charge in [0.05, 0.1) is 11.3 Å². The largest absolute Gasteiger partial charge is 0.430 e. The lowest BCUT2D eigenvalue weighted by molar-refractivity contribution is 0.102. The van der Waals surface area contributed by atoms with E-state index >= 15 is 0 Å². The van der Waals surface area contributed by atoms with Gasteiger partial charge in [0.2, 0.25) is 0 Å². The number of aromatic nitrogens is 2. The van der Waals surface area contributed by atoms with Crippen molar-refractivity contribution in [2.24, 2.45) is 0 Å². The molecule has 3 aromatic rings. The molecular weight excluding hydrogens is 326 g/mol. The lowest BCUT2D eigenvalue weighted by atomic mass is 10.1. The first kappa shape index (κ1) is 14.8. The molecule has 4 rings (SSSR count). The maximum absolute atomic E-state index is 12.1. The second-order valence-corrected chi connectivity index (χ2v) is 6.39. The zero-order valence-electron chi connectivity index (χ0n) is 12.6.